The Morgan fingerprint density at radius 3 is 2.26 bits per heavy atom. The van der Waals surface area contributed by atoms with Gasteiger partial charge in [-0.15, -0.1) is 0 Å². The Kier molecular flexibility index (Phi) is 3.48. The lowest BCUT2D eigenvalue weighted by molar-refractivity contribution is -0.384. The fourth-order valence-corrected chi connectivity index (χ4v) is 3.00. The van der Waals surface area contributed by atoms with Crippen LogP contribution in [0.5, 0.6) is 0 Å². The molecule has 5 nitrogen and oxygen atoms in total. The molecule has 102 valence electrons. The van der Waals surface area contributed by atoms with Crippen LogP contribution >= 0.6 is 0 Å². The van der Waals surface area contributed by atoms with Gasteiger partial charge >= 0.3 is 0 Å². The number of hydrogen-bond acceptors (Lipinski definition) is 4. The number of nitro groups is 1. The maximum absolute atomic E-state index is 10.6. The third kappa shape index (κ3) is 2.62. The molecule has 2 saturated heterocycles. The van der Waals surface area contributed by atoms with Crippen molar-refractivity contribution < 1.29 is 4.92 Å². The highest BCUT2D eigenvalue weighted by molar-refractivity contribution is 5.34. The van der Waals surface area contributed by atoms with E-state index in [1.807, 2.05) is 12.1 Å². The summed E-state index contributed by atoms with van der Waals surface area (Å²) in [5, 5.41) is 14.0. The van der Waals surface area contributed by atoms with E-state index >= 15 is 0 Å². The summed E-state index contributed by atoms with van der Waals surface area (Å²) in [6, 6.07) is 7.82. The number of nitro benzene ring substituents is 1. The molecule has 1 aromatic rings. The van der Waals surface area contributed by atoms with Crippen molar-refractivity contribution in [1.82, 2.24) is 10.2 Å². The van der Waals surface area contributed by atoms with Crippen molar-refractivity contribution in [3.8, 4) is 0 Å². The molecule has 2 aliphatic rings. The number of piperidine rings is 1. The van der Waals surface area contributed by atoms with Crippen LogP contribution in [-0.4, -0.2) is 42.0 Å². The molecule has 0 spiro atoms. The predicted octanol–water partition coefficient (Wildman–Crippen LogP) is 1.75. The summed E-state index contributed by atoms with van der Waals surface area (Å²) in [6.07, 6.45) is 2.32. The molecule has 2 fully saturated rings. The maximum Gasteiger partial charge on any atom is 0.269 e. The van der Waals surface area contributed by atoms with Crippen LogP contribution in [0.4, 0.5) is 5.69 Å². The third-order valence-electron chi connectivity index (χ3n) is 4.38. The minimum Gasteiger partial charge on any atom is -0.314 e. The summed E-state index contributed by atoms with van der Waals surface area (Å²) < 4.78 is 0. The van der Waals surface area contributed by atoms with Crippen molar-refractivity contribution in [3.05, 3.63) is 39.9 Å². The van der Waals surface area contributed by atoms with E-state index in [1.54, 1.807) is 12.1 Å². The summed E-state index contributed by atoms with van der Waals surface area (Å²) in [5.41, 5.74) is 1.43. The van der Waals surface area contributed by atoms with Gasteiger partial charge in [0.2, 0.25) is 0 Å². The molecule has 1 N–H and O–H groups in total. The van der Waals surface area contributed by atoms with Gasteiger partial charge in [0.15, 0.2) is 0 Å². The maximum atomic E-state index is 10.6. The molecule has 1 aromatic carbocycles. The highest BCUT2D eigenvalue weighted by Gasteiger charge is 2.29. The number of non-ortho nitro benzene ring substituents is 1. The van der Waals surface area contributed by atoms with Gasteiger partial charge in [0.05, 0.1) is 4.92 Å². The zero-order valence-electron chi connectivity index (χ0n) is 10.9. The monoisotopic (exact) mass is 261 g/mol. The Balaban J connectivity index is 1.59. The number of rotatable bonds is 3. The normalized spacial score (nSPS) is 22.1. The molecule has 0 bridgehead atoms. The second-order valence-electron chi connectivity index (χ2n) is 5.47. The lowest BCUT2D eigenvalue weighted by Crippen LogP contribution is -2.58. The van der Waals surface area contributed by atoms with Crippen LogP contribution < -0.4 is 5.32 Å². The summed E-state index contributed by atoms with van der Waals surface area (Å²) in [5.74, 6) is 0.560. The van der Waals surface area contributed by atoms with Crippen molar-refractivity contribution >= 4 is 5.69 Å². The second kappa shape index (κ2) is 5.27. The van der Waals surface area contributed by atoms with E-state index in [0.29, 0.717) is 5.92 Å². The van der Waals surface area contributed by atoms with Gasteiger partial charge in [0.1, 0.15) is 0 Å². The molecular formula is C14H19N3O2. The summed E-state index contributed by atoms with van der Waals surface area (Å²) in [4.78, 5) is 12.9. The fraction of sp³-hybridized carbons (Fsp3) is 0.571. The van der Waals surface area contributed by atoms with Gasteiger partial charge in [-0.1, -0.05) is 12.1 Å². The first-order chi connectivity index (χ1) is 9.24. The quantitative estimate of drug-likeness (QED) is 0.665. The van der Waals surface area contributed by atoms with E-state index < -0.39 is 0 Å². The van der Waals surface area contributed by atoms with E-state index in [-0.39, 0.29) is 10.6 Å². The minimum atomic E-state index is -0.337. The molecule has 2 aliphatic heterocycles. The first-order valence-corrected chi connectivity index (χ1v) is 6.93. The SMILES string of the molecule is O=[N+]([O-])c1ccc(C2CCN(C3CNC3)CC2)cc1. The smallest absolute Gasteiger partial charge is 0.269 e. The summed E-state index contributed by atoms with van der Waals surface area (Å²) in [6.45, 7) is 4.55. The fourth-order valence-electron chi connectivity index (χ4n) is 3.00. The lowest BCUT2D eigenvalue weighted by atomic mass is 9.88. The van der Waals surface area contributed by atoms with Gasteiger partial charge in [-0.25, -0.2) is 0 Å². The molecule has 0 aliphatic carbocycles. The van der Waals surface area contributed by atoms with Crippen LogP contribution in [-0.2, 0) is 0 Å². The van der Waals surface area contributed by atoms with E-state index in [2.05, 4.69) is 10.2 Å². The minimum absolute atomic E-state index is 0.182. The average Bonchev–Trinajstić information content (AvgIpc) is 2.38. The Labute approximate surface area is 112 Å². The molecule has 5 heteroatoms. The third-order valence-corrected chi connectivity index (χ3v) is 4.38. The van der Waals surface area contributed by atoms with Crippen LogP contribution in [0, 0.1) is 10.1 Å². The number of nitrogens with one attached hydrogen (secondary N) is 1. The zero-order chi connectivity index (χ0) is 13.2. The van der Waals surface area contributed by atoms with Crippen LogP contribution in [0.25, 0.3) is 0 Å². The van der Waals surface area contributed by atoms with Gasteiger partial charge in [-0.3, -0.25) is 15.0 Å². The number of hydrogen-bond donors (Lipinski definition) is 1. The molecule has 0 atom stereocenters. The molecule has 0 radical (unpaired) electrons. The standard InChI is InChI=1S/C14H19N3O2/c18-17(19)13-3-1-11(2-4-13)12-5-7-16(8-6-12)14-9-15-10-14/h1-4,12,14-15H,5-10H2. The molecule has 3 rings (SSSR count). The molecule has 2 heterocycles. The van der Waals surface area contributed by atoms with Crippen molar-refractivity contribution in [2.75, 3.05) is 26.2 Å². The van der Waals surface area contributed by atoms with Crippen LogP contribution in [0.3, 0.4) is 0 Å². The predicted molar refractivity (Wildman–Crippen MR) is 73.3 cm³/mol. The highest BCUT2D eigenvalue weighted by atomic mass is 16.6. The largest absolute Gasteiger partial charge is 0.314 e. The Morgan fingerprint density at radius 2 is 1.79 bits per heavy atom. The van der Waals surface area contributed by atoms with Crippen molar-refractivity contribution in [2.45, 2.75) is 24.8 Å². The average molecular weight is 261 g/mol. The molecular weight excluding hydrogens is 242 g/mol. The molecule has 19 heavy (non-hydrogen) atoms. The van der Waals surface area contributed by atoms with Gasteiger partial charge in [-0.2, -0.15) is 0 Å². The van der Waals surface area contributed by atoms with Gasteiger partial charge < -0.3 is 5.32 Å². The van der Waals surface area contributed by atoms with Crippen molar-refractivity contribution in [3.63, 3.8) is 0 Å². The summed E-state index contributed by atoms with van der Waals surface area (Å²) >= 11 is 0. The first kappa shape index (κ1) is 12.6. The van der Waals surface area contributed by atoms with Crippen LogP contribution in [0.1, 0.15) is 24.3 Å². The molecule has 0 saturated carbocycles. The van der Waals surface area contributed by atoms with Crippen LogP contribution in [0.2, 0.25) is 0 Å². The Morgan fingerprint density at radius 1 is 1.16 bits per heavy atom. The zero-order valence-corrected chi connectivity index (χ0v) is 10.9. The lowest BCUT2D eigenvalue weighted by Gasteiger charge is -2.42. The number of nitrogens with zero attached hydrogens (tertiary/aromatic N) is 2. The van der Waals surface area contributed by atoms with E-state index in [9.17, 15) is 10.1 Å². The van der Waals surface area contributed by atoms with Crippen LogP contribution in [0.15, 0.2) is 24.3 Å². The second-order valence-corrected chi connectivity index (χ2v) is 5.47. The molecule has 0 amide bonds. The van der Waals surface area contributed by atoms with Gasteiger partial charge in [0, 0.05) is 31.3 Å². The van der Waals surface area contributed by atoms with E-state index in [4.69, 9.17) is 0 Å². The summed E-state index contributed by atoms with van der Waals surface area (Å²) in [7, 11) is 0. The van der Waals surface area contributed by atoms with E-state index in [1.165, 1.54) is 5.56 Å². The van der Waals surface area contributed by atoms with Crippen molar-refractivity contribution in [2.24, 2.45) is 0 Å². The van der Waals surface area contributed by atoms with E-state index in [0.717, 1.165) is 45.1 Å². The molecule has 0 aromatic heterocycles. The first-order valence-electron chi connectivity index (χ1n) is 6.93. The number of likely N-dealkylation sites (tertiary alicyclic amines) is 1. The van der Waals surface area contributed by atoms with Gasteiger partial charge in [-0.05, 0) is 37.4 Å². The van der Waals surface area contributed by atoms with Crippen molar-refractivity contribution in [1.29, 1.82) is 0 Å². The Hall–Kier alpha value is -1.46. The number of benzene rings is 1. The van der Waals surface area contributed by atoms with Gasteiger partial charge in [0.25, 0.3) is 5.69 Å². The molecule has 0 unspecified atom stereocenters. The topological polar surface area (TPSA) is 58.4 Å². The highest BCUT2D eigenvalue weighted by Crippen LogP contribution is 2.30. The Bertz CT molecular complexity index is 448.